The topological polar surface area (TPSA) is 98.7 Å². The summed E-state index contributed by atoms with van der Waals surface area (Å²) < 4.78 is 1.57. The van der Waals surface area contributed by atoms with E-state index in [9.17, 15) is 4.79 Å². The van der Waals surface area contributed by atoms with Gasteiger partial charge in [0.2, 0.25) is 0 Å². The van der Waals surface area contributed by atoms with Crippen LogP contribution in [0.1, 0.15) is 16.3 Å². The summed E-state index contributed by atoms with van der Waals surface area (Å²) in [7, 11) is 1.76. The Morgan fingerprint density at radius 3 is 2.88 bits per heavy atom. The van der Waals surface area contributed by atoms with Crippen molar-refractivity contribution in [1.29, 1.82) is 0 Å². The summed E-state index contributed by atoms with van der Waals surface area (Å²) in [5, 5.41) is 6.71. The second kappa shape index (κ2) is 4.60. The van der Waals surface area contributed by atoms with Gasteiger partial charge >= 0.3 is 0 Å². The lowest BCUT2D eigenvalue weighted by Crippen LogP contribution is -2.24. The van der Waals surface area contributed by atoms with E-state index < -0.39 is 0 Å². The Hall–Kier alpha value is -2.44. The number of anilines is 1. The largest absolute Gasteiger partial charge is 0.397 e. The van der Waals surface area contributed by atoms with E-state index in [4.69, 9.17) is 5.73 Å². The summed E-state index contributed by atoms with van der Waals surface area (Å²) in [6.45, 7) is 0.270. The van der Waals surface area contributed by atoms with Crippen LogP contribution in [-0.4, -0.2) is 25.7 Å². The second-order valence-corrected chi connectivity index (χ2v) is 3.49. The third-order valence-electron chi connectivity index (χ3n) is 2.07. The van der Waals surface area contributed by atoms with Crippen LogP contribution in [0.4, 0.5) is 5.69 Å². The summed E-state index contributed by atoms with van der Waals surface area (Å²) in [5.74, 6) is 0.272. The van der Waals surface area contributed by atoms with E-state index in [1.807, 2.05) is 0 Å². The van der Waals surface area contributed by atoms with Crippen molar-refractivity contribution < 1.29 is 4.79 Å². The number of carbonyl (C=O) groups excluding carboxylic acids is 1. The molecular formula is C10H12N6O. The highest BCUT2D eigenvalue weighted by Gasteiger charge is 2.07. The number of aromatic nitrogens is 4. The number of nitrogen functional groups attached to an aromatic ring is 1. The lowest BCUT2D eigenvalue weighted by molar-refractivity contribution is 0.0945. The van der Waals surface area contributed by atoms with Crippen LogP contribution in [0.25, 0.3) is 0 Å². The molecule has 0 aromatic carbocycles. The first kappa shape index (κ1) is 11.1. The van der Waals surface area contributed by atoms with Gasteiger partial charge in [-0.25, -0.2) is 9.97 Å². The Morgan fingerprint density at radius 1 is 1.47 bits per heavy atom. The molecule has 0 saturated heterocycles. The van der Waals surface area contributed by atoms with Crippen molar-refractivity contribution in [2.24, 2.45) is 7.05 Å². The molecule has 17 heavy (non-hydrogen) atoms. The smallest absolute Gasteiger partial charge is 0.270 e. The van der Waals surface area contributed by atoms with Crippen LogP contribution in [0.3, 0.4) is 0 Å². The van der Waals surface area contributed by atoms with Gasteiger partial charge in [0.15, 0.2) is 5.82 Å². The maximum atomic E-state index is 11.7. The quantitative estimate of drug-likeness (QED) is 0.758. The summed E-state index contributed by atoms with van der Waals surface area (Å²) in [5.41, 5.74) is 6.31. The number of rotatable bonds is 3. The first-order valence-electron chi connectivity index (χ1n) is 4.99. The fourth-order valence-corrected chi connectivity index (χ4v) is 1.25. The van der Waals surface area contributed by atoms with Crippen molar-refractivity contribution in [1.82, 2.24) is 25.1 Å². The predicted molar refractivity (Wildman–Crippen MR) is 60.8 cm³/mol. The van der Waals surface area contributed by atoms with Gasteiger partial charge in [0.25, 0.3) is 5.91 Å². The van der Waals surface area contributed by atoms with E-state index in [2.05, 4.69) is 20.4 Å². The highest BCUT2D eigenvalue weighted by Crippen LogP contribution is 2.01. The molecule has 0 bridgehead atoms. The highest BCUT2D eigenvalue weighted by molar-refractivity contribution is 5.92. The lowest BCUT2D eigenvalue weighted by atomic mass is 10.3. The third kappa shape index (κ3) is 2.77. The van der Waals surface area contributed by atoms with Crippen LogP contribution in [0.5, 0.6) is 0 Å². The van der Waals surface area contributed by atoms with E-state index in [1.54, 1.807) is 30.2 Å². The van der Waals surface area contributed by atoms with E-state index in [0.29, 0.717) is 17.2 Å². The molecule has 2 aromatic heterocycles. The zero-order valence-corrected chi connectivity index (χ0v) is 9.29. The molecule has 0 aliphatic rings. The first-order chi connectivity index (χ1) is 8.15. The molecule has 2 rings (SSSR count). The molecule has 0 aliphatic heterocycles. The Labute approximate surface area is 97.7 Å². The molecule has 0 unspecified atom stereocenters. The minimum atomic E-state index is -0.280. The summed E-state index contributed by atoms with van der Waals surface area (Å²) in [6, 6.07) is 3.19. The van der Waals surface area contributed by atoms with Gasteiger partial charge < -0.3 is 11.1 Å². The predicted octanol–water partition coefficient (Wildman–Crippen LogP) is -0.278. The van der Waals surface area contributed by atoms with Gasteiger partial charge in [-0.2, -0.15) is 5.10 Å². The zero-order valence-electron chi connectivity index (χ0n) is 9.29. The molecule has 7 heteroatoms. The Kier molecular flexibility index (Phi) is 2.99. The number of hydrogen-bond donors (Lipinski definition) is 2. The van der Waals surface area contributed by atoms with Gasteiger partial charge in [0.1, 0.15) is 12.0 Å². The normalized spacial score (nSPS) is 10.2. The zero-order chi connectivity index (χ0) is 12.3. The fourth-order valence-electron chi connectivity index (χ4n) is 1.25. The molecule has 2 aromatic rings. The molecule has 2 heterocycles. The van der Waals surface area contributed by atoms with Gasteiger partial charge in [0.05, 0.1) is 18.4 Å². The van der Waals surface area contributed by atoms with Crippen LogP contribution < -0.4 is 11.1 Å². The number of nitrogens with one attached hydrogen (secondary N) is 1. The molecule has 0 spiro atoms. The number of aryl methyl sites for hydroxylation is 1. The van der Waals surface area contributed by atoms with Crippen LogP contribution in [-0.2, 0) is 13.6 Å². The Balaban J connectivity index is 1.95. The van der Waals surface area contributed by atoms with Crippen LogP contribution in [0.2, 0.25) is 0 Å². The van der Waals surface area contributed by atoms with E-state index in [1.165, 1.54) is 6.20 Å². The van der Waals surface area contributed by atoms with Gasteiger partial charge in [0, 0.05) is 7.05 Å². The first-order valence-corrected chi connectivity index (χ1v) is 4.99. The summed E-state index contributed by atoms with van der Waals surface area (Å²) >= 11 is 0. The number of nitrogens with two attached hydrogens (primary N) is 1. The lowest BCUT2D eigenvalue weighted by Gasteiger charge is -2.01. The molecule has 0 fully saturated rings. The maximum absolute atomic E-state index is 11.7. The number of pyridine rings is 1. The fraction of sp³-hybridized carbons (Fsp3) is 0.200. The highest BCUT2D eigenvalue weighted by atomic mass is 16.1. The van der Waals surface area contributed by atoms with Crippen molar-refractivity contribution in [3.63, 3.8) is 0 Å². The maximum Gasteiger partial charge on any atom is 0.270 e. The minimum absolute atomic E-state index is 0.270. The molecule has 3 N–H and O–H groups in total. The van der Waals surface area contributed by atoms with E-state index >= 15 is 0 Å². The van der Waals surface area contributed by atoms with Crippen molar-refractivity contribution in [3.05, 3.63) is 36.2 Å². The summed E-state index contributed by atoms with van der Waals surface area (Å²) in [6.07, 6.45) is 3.01. The molecular weight excluding hydrogens is 220 g/mol. The average molecular weight is 232 g/mol. The average Bonchev–Trinajstić information content (AvgIpc) is 2.73. The van der Waals surface area contributed by atoms with Crippen molar-refractivity contribution in [2.45, 2.75) is 6.54 Å². The van der Waals surface area contributed by atoms with E-state index in [0.717, 1.165) is 0 Å². The minimum Gasteiger partial charge on any atom is -0.397 e. The standard InChI is InChI=1S/C10H12N6O/c1-16-6-14-9(15-16)5-13-10(17)8-3-2-7(11)4-12-8/h2-4,6H,5,11H2,1H3,(H,13,17). The van der Waals surface area contributed by atoms with Crippen LogP contribution in [0.15, 0.2) is 24.7 Å². The number of amides is 1. The second-order valence-electron chi connectivity index (χ2n) is 3.49. The number of nitrogens with zero attached hydrogens (tertiary/aromatic N) is 4. The molecule has 0 aliphatic carbocycles. The SMILES string of the molecule is Cn1cnc(CNC(=O)c2ccc(N)cn2)n1. The van der Waals surface area contributed by atoms with Gasteiger partial charge in [-0.1, -0.05) is 0 Å². The van der Waals surface area contributed by atoms with E-state index in [-0.39, 0.29) is 12.5 Å². The van der Waals surface area contributed by atoms with Crippen molar-refractivity contribution >= 4 is 11.6 Å². The third-order valence-corrected chi connectivity index (χ3v) is 2.07. The molecule has 0 saturated carbocycles. The molecule has 0 radical (unpaired) electrons. The van der Waals surface area contributed by atoms with Gasteiger partial charge in [-0.3, -0.25) is 9.48 Å². The monoisotopic (exact) mass is 232 g/mol. The van der Waals surface area contributed by atoms with Gasteiger partial charge in [-0.15, -0.1) is 0 Å². The molecule has 0 atom stereocenters. The van der Waals surface area contributed by atoms with Crippen molar-refractivity contribution in [3.8, 4) is 0 Å². The Morgan fingerprint density at radius 2 is 2.29 bits per heavy atom. The number of carbonyl (C=O) groups is 1. The molecule has 88 valence electrons. The van der Waals surface area contributed by atoms with Gasteiger partial charge in [-0.05, 0) is 12.1 Å². The Bertz CT molecular complexity index is 518. The number of hydrogen-bond acceptors (Lipinski definition) is 5. The summed E-state index contributed by atoms with van der Waals surface area (Å²) in [4.78, 5) is 19.6. The van der Waals surface area contributed by atoms with Crippen LogP contribution in [0, 0.1) is 0 Å². The van der Waals surface area contributed by atoms with Crippen LogP contribution >= 0.6 is 0 Å². The molecule has 1 amide bonds. The molecule has 7 nitrogen and oxygen atoms in total. The van der Waals surface area contributed by atoms with Crippen molar-refractivity contribution in [2.75, 3.05) is 5.73 Å².